The van der Waals surface area contributed by atoms with E-state index in [0.717, 1.165) is 123 Å². The molecule has 2 aromatic carbocycles. The highest BCUT2D eigenvalue weighted by Crippen LogP contribution is 2.36. The number of rotatable bonds is 11. The maximum absolute atomic E-state index is 13.9. The van der Waals surface area contributed by atoms with Gasteiger partial charge in [0, 0.05) is 74.4 Å². The minimum Gasteiger partial charge on any atom is -0.444 e. The van der Waals surface area contributed by atoms with Crippen molar-refractivity contribution in [2.24, 2.45) is 0 Å². The number of aromatic nitrogens is 6. The summed E-state index contributed by atoms with van der Waals surface area (Å²) in [6, 6.07) is 13.7. The molecule has 0 radical (unpaired) electrons. The van der Waals surface area contributed by atoms with Crippen molar-refractivity contribution in [2.75, 3.05) is 66.1 Å². The molecular weight excluding hydrogens is 1190 g/mol. The fraction of sp³-hybridized carbons (Fsp3) is 0.541. The molecule has 0 bridgehead atoms. The number of piperidine rings is 2. The summed E-state index contributed by atoms with van der Waals surface area (Å²) >= 11 is 6.15. The summed E-state index contributed by atoms with van der Waals surface area (Å²) in [5, 5.41) is 18.9. The Kier molecular flexibility index (Phi) is 21.7. The molecule has 24 nitrogen and oxygen atoms in total. The number of fused-ring (bicyclic) bond motifs is 2. The molecule has 4 amide bonds. The van der Waals surface area contributed by atoms with Gasteiger partial charge in [0.05, 0.1) is 64.5 Å². The van der Waals surface area contributed by atoms with Gasteiger partial charge in [-0.3, -0.25) is 19.0 Å². The summed E-state index contributed by atoms with van der Waals surface area (Å²) < 4.78 is 66.6. The molecule has 8 heterocycles. The maximum Gasteiger partial charge on any atom is 0.407 e. The van der Waals surface area contributed by atoms with E-state index in [1.807, 2.05) is 93.8 Å². The average Bonchev–Trinajstić information content (AvgIpc) is 1.74. The van der Waals surface area contributed by atoms with Gasteiger partial charge in [0.1, 0.15) is 22.2 Å². The zero-order chi connectivity index (χ0) is 63.3. The zero-order valence-corrected chi connectivity index (χ0v) is 54.2. The Balaban J connectivity index is 0.000000213. The van der Waals surface area contributed by atoms with Gasteiger partial charge in [-0.25, -0.2) is 45.4 Å². The Hall–Kier alpha value is -7.29. The van der Waals surface area contributed by atoms with Crippen LogP contribution in [0.5, 0.6) is 0 Å². The monoisotopic (exact) mass is 1270 g/mol. The van der Waals surface area contributed by atoms with Crippen molar-refractivity contribution >= 4 is 84.1 Å². The van der Waals surface area contributed by atoms with E-state index in [9.17, 15) is 36.0 Å². The molecule has 0 unspecified atom stereocenters. The van der Waals surface area contributed by atoms with Gasteiger partial charge in [-0.1, -0.05) is 42.3 Å². The Labute approximate surface area is 522 Å². The lowest BCUT2D eigenvalue weighted by atomic mass is 9.97. The molecule has 4 aromatic heterocycles. The molecular formula is C61H87ClN14O10S2. The fourth-order valence-corrected chi connectivity index (χ4v) is 12.3. The predicted octanol–water partition coefficient (Wildman–Crippen LogP) is 9.44. The van der Waals surface area contributed by atoms with Crippen molar-refractivity contribution in [3.8, 4) is 0 Å². The van der Waals surface area contributed by atoms with E-state index < -0.39 is 37.3 Å². The minimum absolute atomic E-state index is 0. The summed E-state index contributed by atoms with van der Waals surface area (Å²) in [7, 11) is -7.09. The fourth-order valence-electron chi connectivity index (χ4n) is 11.0. The van der Waals surface area contributed by atoms with Gasteiger partial charge in [-0.15, -0.1) is 0 Å². The number of alkyl carbamates (subject to hydrolysis) is 2. The molecule has 5 N–H and O–H groups in total. The van der Waals surface area contributed by atoms with Crippen LogP contribution in [0.15, 0.2) is 60.9 Å². The van der Waals surface area contributed by atoms with Gasteiger partial charge in [0.25, 0.3) is 11.8 Å². The summed E-state index contributed by atoms with van der Waals surface area (Å²) in [5.74, 6) is 0.376. The van der Waals surface area contributed by atoms with Crippen LogP contribution < -0.4 is 30.3 Å². The van der Waals surface area contributed by atoms with E-state index in [1.54, 1.807) is 55.2 Å². The summed E-state index contributed by atoms with van der Waals surface area (Å²) in [4.78, 5) is 66.1. The second kappa shape index (κ2) is 28.0. The number of halogens is 1. The normalized spacial score (nSPS) is 18.9. The zero-order valence-electron chi connectivity index (χ0n) is 51.8. The lowest BCUT2D eigenvalue weighted by molar-refractivity contribution is 0.0497. The lowest BCUT2D eigenvalue weighted by Gasteiger charge is -2.35. The van der Waals surface area contributed by atoms with Crippen LogP contribution in [-0.2, 0) is 29.5 Å². The van der Waals surface area contributed by atoms with E-state index in [1.165, 1.54) is 0 Å². The second-order valence-electron chi connectivity index (χ2n) is 25.0. The number of likely N-dealkylation sites (tertiary alicyclic amines) is 2. The highest BCUT2D eigenvalue weighted by Gasteiger charge is 2.35. The molecule has 27 heteroatoms. The second-order valence-corrected chi connectivity index (χ2v) is 28.8. The highest BCUT2D eigenvalue weighted by atomic mass is 35.5. The minimum atomic E-state index is -3.57. The Bertz CT molecular complexity index is 3710. The summed E-state index contributed by atoms with van der Waals surface area (Å²) in [6.45, 7) is 23.0. The van der Waals surface area contributed by atoms with Crippen molar-refractivity contribution in [1.82, 2.24) is 54.9 Å². The van der Waals surface area contributed by atoms with E-state index in [-0.39, 0.29) is 60.9 Å². The van der Waals surface area contributed by atoms with Crippen molar-refractivity contribution in [2.45, 2.75) is 163 Å². The number of nitrogens with one attached hydrogen (secondary N) is 5. The van der Waals surface area contributed by atoms with Gasteiger partial charge in [-0.2, -0.15) is 10.2 Å². The Morgan fingerprint density at radius 3 is 1.53 bits per heavy atom. The van der Waals surface area contributed by atoms with Crippen LogP contribution in [0.2, 0.25) is 5.15 Å². The lowest BCUT2D eigenvalue weighted by Crippen LogP contribution is -2.40. The van der Waals surface area contributed by atoms with Crippen molar-refractivity contribution < 1.29 is 45.5 Å². The number of nitrogens with zero attached hydrogens (tertiary/aromatic N) is 9. The standard InChI is InChI=1S/C30H41N7O5S.C21H24ClN5O3S.C9H18N2O2.CH4/c1-19-10-11-23(34-43(6,40)41)22(15-19)28(38)36-13-8-7-9-25(36)24-16-26-32-27(20(2)17-37(26)33-24)35-14-12-21(18-35)31-29(39)42-30(3,4)5;1-13-7-8-16(25-31(3,29)30)15(10-13)21(28)26-9-5-4-6-18(26)17-11-19-23-20(22)14(2)12-27(19)24-17;1-9(2,3)13-8(12)11-7-4-5-10-6-7;/h10-11,15-17,21,25,34H,7-9,12-14,18H2,1-6H3,(H,31,39);7-8,10-12,18,25H,4-6,9H2,1-3H3;7,10H,4-6H2,1-3H3,(H,11,12);1H4/t21-,25-;18-;7-;/m000./s1. The number of sulfonamides is 2. The molecule has 0 saturated carbocycles. The van der Waals surface area contributed by atoms with Gasteiger partial charge in [-0.05, 0) is 151 Å². The SMILES string of the molecule is C.CC(C)(C)OC(=O)N[C@H]1CCNC1.Cc1ccc(NS(C)(=O)=O)c(C(=O)N2CCCC[C@H]2c2cc3nc(Cl)c(C)cn3n2)c1.Cc1ccc(NS(C)(=O)=O)c(C(=O)N2CCCC[C@H]2c2cc3nc(N4CC[C@H](NC(=O)OC(C)(C)C)C4)c(C)cn3n2)c1. The number of hydrogen-bond donors (Lipinski definition) is 5. The number of anilines is 3. The summed E-state index contributed by atoms with van der Waals surface area (Å²) in [6.07, 6.45) is 12.1. The smallest absolute Gasteiger partial charge is 0.407 e. The van der Waals surface area contributed by atoms with Crippen LogP contribution in [0.4, 0.5) is 26.8 Å². The molecule has 480 valence electrons. The van der Waals surface area contributed by atoms with E-state index >= 15 is 0 Å². The van der Waals surface area contributed by atoms with Gasteiger partial charge in [0.2, 0.25) is 20.0 Å². The van der Waals surface area contributed by atoms with Gasteiger partial charge >= 0.3 is 12.2 Å². The highest BCUT2D eigenvalue weighted by molar-refractivity contribution is 7.92. The first-order valence-corrected chi connectivity index (χ1v) is 33.6. The third-order valence-corrected chi connectivity index (χ3v) is 16.4. The first-order valence-electron chi connectivity index (χ1n) is 29.4. The molecule has 4 saturated heterocycles. The number of amides is 4. The Morgan fingerprint density at radius 1 is 0.614 bits per heavy atom. The van der Waals surface area contributed by atoms with Crippen LogP contribution in [0.1, 0.15) is 167 Å². The number of benzene rings is 2. The number of carbonyl (C=O) groups excluding carboxylic acids is 4. The number of aryl methyl sites for hydroxylation is 4. The van der Waals surface area contributed by atoms with Crippen LogP contribution in [0.3, 0.4) is 0 Å². The third kappa shape index (κ3) is 18.4. The number of ether oxygens (including phenoxy) is 2. The van der Waals surface area contributed by atoms with Crippen molar-refractivity contribution in [3.05, 3.63) is 111 Å². The van der Waals surface area contributed by atoms with E-state index in [4.69, 9.17) is 31.2 Å². The molecule has 6 aromatic rings. The maximum atomic E-state index is 13.9. The van der Waals surface area contributed by atoms with Crippen LogP contribution in [0.25, 0.3) is 11.3 Å². The first kappa shape index (κ1) is 68.2. The topological polar surface area (TPSA) is 285 Å². The van der Waals surface area contributed by atoms with Crippen molar-refractivity contribution in [1.29, 1.82) is 0 Å². The molecule has 4 atom stereocenters. The quantitative estimate of drug-likeness (QED) is 0.0755. The molecule has 0 spiro atoms. The number of hydrogen-bond acceptors (Lipinski definition) is 16. The van der Waals surface area contributed by atoms with Crippen LogP contribution >= 0.6 is 11.6 Å². The molecule has 4 aliphatic heterocycles. The molecule has 0 aliphatic carbocycles. The first-order chi connectivity index (χ1) is 40.8. The Morgan fingerprint density at radius 2 is 1.08 bits per heavy atom. The van der Waals surface area contributed by atoms with Crippen LogP contribution in [0, 0.1) is 27.7 Å². The van der Waals surface area contributed by atoms with Gasteiger partial charge in [0.15, 0.2) is 11.3 Å². The largest absolute Gasteiger partial charge is 0.444 e. The third-order valence-electron chi connectivity index (χ3n) is 14.8. The molecule has 10 rings (SSSR count). The number of carbonyl (C=O) groups is 4. The molecule has 88 heavy (non-hydrogen) atoms. The summed E-state index contributed by atoms with van der Waals surface area (Å²) in [5.41, 5.74) is 6.52. The average molecular weight is 1280 g/mol. The van der Waals surface area contributed by atoms with Gasteiger partial charge < -0.3 is 40.1 Å². The van der Waals surface area contributed by atoms with E-state index in [2.05, 4.69) is 40.4 Å². The van der Waals surface area contributed by atoms with Crippen LogP contribution in [-0.4, -0.2) is 155 Å². The molecule has 4 aliphatic rings. The van der Waals surface area contributed by atoms with Crippen molar-refractivity contribution in [3.63, 3.8) is 0 Å². The van der Waals surface area contributed by atoms with E-state index in [0.29, 0.717) is 47.2 Å². The predicted molar refractivity (Wildman–Crippen MR) is 342 cm³/mol. The molecule has 4 fully saturated rings.